The first-order valence-electron chi connectivity index (χ1n) is 5.75. The molecule has 1 N–H and O–H groups in total. The van der Waals surface area contributed by atoms with Gasteiger partial charge in [-0.05, 0) is 12.1 Å². The number of hydrogen-bond acceptors (Lipinski definition) is 4. The molecule has 1 aromatic rings. The summed E-state index contributed by atoms with van der Waals surface area (Å²) in [5, 5.41) is 12.4. The van der Waals surface area contributed by atoms with Gasteiger partial charge in [-0.2, -0.15) is 0 Å². The van der Waals surface area contributed by atoms with Crippen LogP contribution in [-0.4, -0.2) is 29.4 Å². The minimum atomic E-state index is -0.411. The zero-order valence-electron chi connectivity index (χ0n) is 9.67. The first kappa shape index (κ1) is 11.1. The van der Waals surface area contributed by atoms with Gasteiger partial charge >= 0.3 is 0 Å². The van der Waals surface area contributed by atoms with Crippen LogP contribution in [0, 0.1) is 0 Å². The molecule has 18 heavy (non-hydrogen) atoms. The van der Waals surface area contributed by atoms with Gasteiger partial charge in [0.25, 0.3) is 5.91 Å². The Bertz CT molecular complexity index is 648. The summed E-state index contributed by atoms with van der Waals surface area (Å²) in [6.07, 6.45) is 2.35. The molecule has 0 unspecified atom stereocenters. The van der Waals surface area contributed by atoms with Gasteiger partial charge in [0.15, 0.2) is 0 Å². The van der Waals surface area contributed by atoms with Gasteiger partial charge in [-0.15, -0.1) is 0 Å². The van der Waals surface area contributed by atoms with E-state index in [9.17, 15) is 10.0 Å². The zero-order valence-corrected chi connectivity index (χ0v) is 9.67. The first-order chi connectivity index (χ1) is 8.77. The van der Waals surface area contributed by atoms with Crippen LogP contribution >= 0.6 is 0 Å². The SMILES string of the molecule is O=C1N=c2ccccc2=C1N(O)C1=CCOCC1. The Balaban J connectivity index is 2.10. The molecule has 0 radical (unpaired) electrons. The number of fused-ring (bicyclic) bond motifs is 1. The fourth-order valence-electron chi connectivity index (χ4n) is 2.11. The van der Waals surface area contributed by atoms with Gasteiger partial charge in [0.2, 0.25) is 0 Å². The van der Waals surface area contributed by atoms with Crippen molar-refractivity contribution in [1.29, 1.82) is 0 Å². The number of ether oxygens (including phenoxy) is 1. The number of benzene rings is 1. The van der Waals surface area contributed by atoms with Gasteiger partial charge in [0, 0.05) is 17.3 Å². The molecule has 2 aliphatic rings. The Kier molecular flexibility index (Phi) is 2.70. The number of nitrogens with zero attached hydrogens (tertiary/aromatic N) is 2. The van der Waals surface area contributed by atoms with Crippen molar-refractivity contribution >= 4 is 11.6 Å². The lowest BCUT2D eigenvalue weighted by Crippen LogP contribution is -2.31. The molecule has 0 bridgehead atoms. The average molecular weight is 244 g/mol. The molecule has 0 atom stereocenters. The Morgan fingerprint density at radius 1 is 1.33 bits per heavy atom. The summed E-state index contributed by atoms with van der Waals surface area (Å²) < 4.78 is 5.18. The van der Waals surface area contributed by atoms with Crippen LogP contribution in [0.3, 0.4) is 0 Å². The predicted molar refractivity (Wildman–Crippen MR) is 62.8 cm³/mol. The molecule has 92 valence electrons. The van der Waals surface area contributed by atoms with Crippen molar-refractivity contribution in [3.8, 4) is 0 Å². The standard InChI is InChI=1S/C13H12N2O3/c16-13-12(10-3-1-2-4-11(10)14-13)15(17)9-5-7-18-8-6-9/h1-5,17H,6-8H2. The molecule has 0 spiro atoms. The summed E-state index contributed by atoms with van der Waals surface area (Å²) in [7, 11) is 0. The molecule has 0 saturated carbocycles. The topological polar surface area (TPSA) is 62.1 Å². The summed E-state index contributed by atoms with van der Waals surface area (Å²) in [5.74, 6) is -0.411. The number of hydrogen-bond donors (Lipinski definition) is 1. The van der Waals surface area contributed by atoms with Crippen LogP contribution in [-0.2, 0) is 9.53 Å². The molecule has 2 aliphatic heterocycles. The molecule has 0 aromatic heterocycles. The lowest BCUT2D eigenvalue weighted by molar-refractivity contribution is -0.116. The highest BCUT2D eigenvalue weighted by atomic mass is 16.5. The molecule has 5 heteroatoms. The summed E-state index contributed by atoms with van der Waals surface area (Å²) in [6.45, 7) is 0.996. The maximum atomic E-state index is 11.9. The van der Waals surface area contributed by atoms with Crippen LogP contribution in [0.5, 0.6) is 0 Å². The normalized spacial score (nSPS) is 18.2. The quantitative estimate of drug-likeness (QED) is 0.741. The number of hydroxylamine groups is 2. The zero-order chi connectivity index (χ0) is 12.5. The molecule has 0 fully saturated rings. The number of carbonyl (C=O) groups excluding carboxylic acids is 1. The van der Waals surface area contributed by atoms with Gasteiger partial charge in [-0.25, -0.2) is 10.1 Å². The molecular formula is C13H12N2O3. The van der Waals surface area contributed by atoms with Crippen molar-refractivity contribution in [1.82, 2.24) is 5.06 Å². The maximum Gasteiger partial charge on any atom is 0.297 e. The minimum Gasteiger partial charge on any atom is -0.377 e. The second-order valence-corrected chi connectivity index (χ2v) is 4.11. The van der Waals surface area contributed by atoms with Crippen LogP contribution in [0.4, 0.5) is 0 Å². The second-order valence-electron chi connectivity index (χ2n) is 4.11. The van der Waals surface area contributed by atoms with Crippen molar-refractivity contribution in [2.24, 2.45) is 4.99 Å². The Hall–Kier alpha value is -1.98. The first-order valence-corrected chi connectivity index (χ1v) is 5.75. The summed E-state index contributed by atoms with van der Waals surface area (Å²) in [4.78, 5) is 15.8. The van der Waals surface area contributed by atoms with Gasteiger partial charge in [-0.1, -0.05) is 18.2 Å². The fourth-order valence-corrected chi connectivity index (χ4v) is 2.11. The van der Waals surface area contributed by atoms with Crippen LogP contribution < -0.4 is 10.6 Å². The molecular weight excluding hydrogens is 232 g/mol. The van der Waals surface area contributed by atoms with E-state index < -0.39 is 5.91 Å². The number of rotatable bonds is 2. The number of carbonyl (C=O) groups is 1. The largest absolute Gasteiger partial charge is 0.377 e. The predicted octanol–water partition coefficient (Wildman–Crippen LogP) is -0.0500. The van der Waals surface area contributed by atoms with Crippen molar-refractivity contribution in [2.45, 2.75) is 6.42 Å². The third-order valence-corrected chi connectivity index (χ3v) is 3.01. The van der Waals surface area contributed by atoms with Crippen LogP contribution in [0.1, 0.15) is 6.42 Å². The van der Waals surface area contributed by atoms with E-state index in [0.717, 1.165) is 5.06 Å². The summed E-state index contributed by atoms with van der Waals surface area (Å²) >= 11 is 0. The molecule has 0 saturated heterocycles. The van der Waals surface area contributed by atoms with E-state index in [0.29, 0.717) is 35.9 Å². The third-order valence-electron chi connectivity index (χ3n) is 3.01. The highest BCUT2D eigenvalue weighted by molar-refractivity contribution is 6.14. The van der Waals surface area contributed by atoms with Crippen molar-refractivity contribution < 1.29 is 14.7 Å². The van der Waals surface area contributed by atoms with E-state index in [1.807, 2.05) is 12.1 Å². The van der Waals surface area contributed by atoms with Crippen LogP contribution in [0.15, 0.2) is 41.0 Å². The maximum absolute atomic E-state index is 11.9. The highest BCUT2D eigenvalue weighted by Gasteiger charge is 2.24. The Morgan fingerprint density at radius 2 is 2.17 bits per heavy atom. The van der Waals surface area contributed by atoms with E-state index >= 15 is 0 Å². The molecule has 5 nitrogen and oxygen atoms in total. The van der Waals surface area contributed by atoms with E-state index in [4.69, 9.17) is 4.74 Å². The molecule has 2 heterocycles. The van der Waals surface area contributed by atoms with Gasteiger partial charge in [-0.3, -0.25) is 10.0 Å². The van der Waals surface area contributed by atoms with Crippen LogP contribution in [0.25, 0.3) is 5.70 Å². The highest BCUT2D eigenvalue weighted by Crippen LogP contribution is 2.18. The summed E-state index contributed by atoms with van der Waals surface area (Å²) in [5.41, 5.74) is 0.898. The van der Waals surface area contributed by atoms with Crippen LogP contribution in [0.2, 0.25) is 0 Å². The van der Waals surface area contributed by atoms with E-state index in [2.05, 4.69) is 4.99 Å². The van der Waals surface area contributed by atoms with Gasteiger partial charge in [0.1, 0.15) is 5.70 Å². The average Bonchev–Trinajstić information content (AvgIpc) is 2.75. The minimum absolute atomic E-state index is 0.221. The third kappa shape index (κ3) is 1.73. The Morgan fingerprint density at radius 3 is 2.94 bits per heavy atom. The smallest absolute Gasteiger partial charge is 0.297 e. The number of para-hydroxylation sites is 1. The number of amides is 1. The fraction of sp³-hybridized carbons (Fsp3) is 0.231. The second kappa shape index (κ2) is 4.36. The lowest BCUT2D eigenvalue weighted by Gasteiger charge is -2.22. The van der Waals surface area contributed by atoms with E-state index in [1.165, 1.54) is 0 Å². The van der Waals surface area contributed by atoms with E-state index in [1.54, 1.807) is 18.2 Å². The van der Waals surface area contributed by atoms with Crippen molar-refractivity contribution in [3.63, 3.8) is 0 Å². The molecule has 0 aliphatic carbocycles. The Labute approximate surface area is 103 Å². The monoisotopic (exact) mass is 244 g/mol. The van der Waals surface area contributed by atoms with Gasteiger partial charge < -0.3 is 4.74 Å². The van der Waals surface area contributed by atoms with Crippen molar-refractivity contribution in [3.05, 3.63) is 46.6 Å². The van der Waals surface area contributed by atoms with Gasteiger partial charge in [0.05, 0.1) is 18.6 Å². The molecule has 1 amide bonds. The lowest BCUT2D eigenvalue weighted by atomic mass is 10.2. The molecule has 3 rings (SSSR count). The summed E-state index contributed by atoms with van der Waals surface area (Å²) in [6, 6.07) is 7.17. The van der Waals surface area contributed by atoms with Crippen molar-refractivity contribution in [2.75, 3.05) is 13.2 Å². The van der Waals surface area contributed by atoms with E-state index in [-0.39, 0.29) is 5.70 Å². The molecule has 1 aromatic carbocycles.